The van der Waals surface area contributed by atoms with Crippen molar-refractivity contribution in [2.24, 2.45) is 14.1 Å². The first-order valence-corrected chi connectivity index (χ1v) is 11.6. The lowest BCUT2D eigenvalue weighted by atomic mass is 10.3. The number of nitrogens with zero attached hydrogens (tertiary/aromatic N) is 5. The highest BCUT2D eigenvalue weighted by molar-refractivity contribution is 7.89. The van der Waals surface area contributed by atoms with Crippen LogP contribution in [0.15, 0.2) is 38.8 Å². The number of amides is 1. The quantitative estimate of drug-likeness (QED) is 0.495. The molecule has 0 saturated heterocycles. The van der Waals surface area contributed by atoms with Gasteiger partial charge in [-0.2, -0.15) is 9.29 Å². The summed E-state index contributed by atoms with van der Waals surface area (Å²) >= 11 is 6.14. The van der Waals surface area contributed by atoms with Crippen molar-refractivity contribution >= 4 is 44.4 Å². The standard InChI is InChI=1S/C19H23ClN6O5S/c1-5-25(6-2)32(30,31)13-9-7-8-12(10-13)21-14(27)11-26-15-16(22-18(26)20)23(3)19(29)24(4)17(15)28/h7-10H,5-6,11H2,1-4H3,(H,21,27). The third-order valence-electron chi connectivity index (χ3n) is 5.06. The SMILES string of the molecule is CCN(CC)S(=O)(=O)c1cccc(NC(=O)Cn2c(Cl)nc3c2c(=O)n(C)c(=O)n3C)c1. The smallest absolute Gasteiger partial charge is 0.324 e. The molecule has 2 aromatic heterocycles. The molecule has 13 heteroatoms. The van der Waals surface area contributed by atoms with Gasteiger partial charge in [-0.3, -0.25) is 23.3 Å². The van der Waals surface area contributed by atoms with Crippen molar-refractivity contribution in [3.63, 3.8) is 0 Å². The van der Waals surface area contributed by atoms with Crippen LogP contribution in [0.5, 0.6) is 0 Å². The summed E-state index contributed by atoms with van der Waals surface area (Å²) in [7, 11) is -0.934. The Morgan fingerprint density at radius 3 is 2.44 bits per heavy atom. The molecule has 0 radical (unpaired) electrons. The number of nitrogens with one attached hydrogen (secondary N) is 1. The molecule has 0 saturated carbocycles. The fourth-order valence-electron chi connectivity index (χ4n) is 3.36. The van der Waals surface area contributed by atoms with Gasteiger partial charge in [0.25, 0.3) is 5.56 Å². The number of imidazole rings is 1. The van der Waals surface area contributed by atoms with E-state index in [9.17, 15) is 22.8 Å². The predicted octanol–water partition coefficient (Wildman–Crippen LogP) is 0.756. The summed E-state index contributed by atoms with van der Waals surface area (Å²) in [6, 6.07) is 5.89. The molecular formula is C19H23ClN6O5S. The molecule has 1 amide bonds. The van der Waals surface area contributed by atoms with Crippen LogP contribution in [0.1, 0.15) is 13.8 Å². The fourth-order valence-corrected chi connectivity index (χ4v) is 5.08. The first-order chi connectivity index (χ1) is 15.0. The van der Waals surface area contributed by atoms with Crippen molar-refractivity contribution in [3.8, 4) is 0 Å². The van der Waals surface area contributed by atoms with Crippen molar-refractivity contribution in [3.05, 3.63) is 50.4 Å². The van der Waals surface area contributed by atoms with E-state index in [1.165, 1.54) is 45.7 Å². The Morgan fingerprint density at radius 1 is 1.16 bits per heavy atom. The fraction of sp³-hybridized carbons (Fsp3) is 0.368. The zero-order valence-corrected chi connectivity index (χ0v) is 19.6. The number of carbonyl (C=O) groups is 1. The molecule has 172 valence electrons. The van der Waals surface area contributed by atoms with Gasteiger partial charge in [0.1, 0.15) is 6.54 Å². The monoisotopic (exact) mass is 482 g/mol. The van der Waals surface area contributed by atoms with Crippen LogP contribution in [0.4, 0.5) is 5.69 Å². The van der Waals surface area contributed by atoms with E-state index in [0.29, 0.717) is 13.1 Å². The number of aromatic nitrogens is 4. The van der Waals surface area contributed by atoms with Crippen LogP contribution >= 0.6 is 11.6 Å². The first kappa shape index (κ1) is 23.7. The second-order valence-corrected chi connectivity index (χ2v) is 9.29. The molecule has 0 aliphatic rings. The van der Waals surface area contributed by atoms with Gasteiger partial charge in [0.05, 0.1) is 4.90 Å². The lowest BCUT2D eigenvalue weighted by Crippen LogP contribution is -2.37. The summed E-state index contributed by atoms with van der Waals surface area (Å²) in [5.74, 6) is -0.556. The van der Waals surface area contributed by atoms with Gasteiger partial charge in [-0.05, 0) is 29.8 Å². The number of hydrogen-bond donors (Lipinski definition) is 1. The average Bonchev–Trinajstić information content (AvgIpc) is 3.07. The van der Waals surface area contributed by atoms with Crippen LogP contribution in [-0.2, 0) is 35.5 Å². The van der Waals surface area contributed by atoms with Gasteiger partial charge in [-0.1, -0.05) is 19.9 Å². The lowest BCUT2D eigenvalue weighted by Gasteiger charge is -2.19. The summed E-state index contributed by atoms with van der Waals surface area (Å²) in [6.45, 7) is 3.76. The Balaban J connectivity index is 1.93. The minimum atomic E-state index is -3.69. The van der Waals surface area contributed by atoms with E-state index >= 15 is 0 Å². The number of aryl methyl sites for hydroxylation is 1. The van der Waals surface area contributed by atoms with E-state index in [-0.39, 0.29) is 33.6 Å². The number of carbonyl (C=O) groups excluding carboxylic acids is 1. The number of fused-ring (bicyclic) bond motifs is 1. The minimum Gasteiger partial charge on any atom is -0.324 e. The molecule has 0 spiro atoms. The molecule has 0 aliphatic carbocycles. The van der Waals surface area contributed by atoms with Crippen LogP contribution in [0.2, 0.25) is 5.28 Å². The zero-order valence-electron chi connectivity index (χ0n) is 18.0. The molecule has 0 atom stereocenters. The second kappa shape index (κ2) is 8.88. The van der Waals surface area contributed by atoms with E-state index in [2.05, 4.69) is 10.3 Å². The number of halogens is 1. The number of hydrogen-bond acceptors (Lipinski definition) is 6. The summed E-state index contributed by atoms with van der Waals surface area (Å²) in [4.78, 5) is 41.4. The third-order valence-corrected chi connectivity index (χ3v) is 7.40. The molecule has 0 aliphatic heterocycles. The topological polar surface area (TPSA) is 128 Å². The van der Waals surface area contributed by atoms with E-state index in [0.717, 1.165) is 4.57 Å². The molecule has 11 nitrogen and oxygen atoms in total. The van der Waals surface area contributed by atoms with Crippen LogP contribution in [0.3, 0.4) is 0 Å². The van der Waals surface area contributed by atoms with Crippen molar-refractivity contribution in [2.75, 3.05) is 18.4 Å². The van der Waals surface area contributed by atoms with E-state index < -0.39 is 27.2 Å². The number of anilines is 1. The molecular weight excluding hydrogens is 460 g/mol. The van der Waals surface area contributed by atoms with Gasteiger partial charge in [-0.25, -0.2) is 13.2 Å². The molecule has 0 bridgehead atoms. The Labute approximate surface area is 188 Å². The molecule has 2 heterocycles. The predicted molar refractivity (Wildman–Crippen MR) is 120 cm³/mol. The largest absolute Gasteiger partial charge is 0.332 e. The Bertz CT molecular complexity index is 1420. The lowest BCUT2D eigenvalue weighted by molar-refractivity contribution is -0.116. The minimum absolute atomic E-state index is 0.00705. The van der Waals surface area contributed by atoms with E-state index in [1.807, 2.05) is 0 Å². The van der Waals surface area contributed by atoms with Gasteiger partial charge >= 0.3 is 5.69 Å². The maximum atomic E-state index is 12.7. The van der Waals surface area contributed by atoms with Crippen molar-refractivity contribution in [1.29, 1.82) is 0 Å². The van der Waals surface area contributed by atoms with Gasteiger partial charge < -0.3 is 5.32 Å². The Kier molecular flexibility index (Phi) is 6.58. The summed E-state index contributed by atoms with van der Waals surface area (Å²) in [5.41, 5.74) is -0.873. The van der Waals surface area contributed by atoms with Crippen LogP contribution < -0.4 is 16.6 Å². The molecule has 1 N–H and O–H groups in total. The van der Waals surface area contributed by atoms with Gasteiger partial charge in [0, 0.05) is 32.9 Å². The van der Waals surface area contributed by atoms with E-state index in [1.54, 1.807) is 19.9 Å². The zero-order chi connectivity index (χ0) is 23.8. The summed E-state index contributed by atoms with van der Waals surface area (Å²) in [5, 5.41) is 2.48. The molecule has 1 aromatic carbocycles. The molecule has 0 unspecified atom stereocenters. The highest BCUT2D eigenvalue weighted by atomic mass is 35.5. The first-order valence-electron chi connectivity index (χ1n) is 9.74. The Morgan fingerprint density at radius 2 is 1.81 bits per heavy atom. The highest BCUT2D eigenvalue weighted by Gasteiger charge is 2.23. The van der Waals surface area contributed by atoms with Crippen molar-refractivity contribution < 1.29 is 13.2 Å². The Hall–Kier alpha value is -2.96. The third kappa shape index (κ3) is 4.08. The van der Waals surface area contributed by atoms with E-state index in [4.69, 9.17) is 11.6 Å². The summed E-state index contributed by atoms with van der Waals surface area (Å²) < 4.78 is 30.0. The second-order valence-electron chi connectivity index (χ2n) is 7.01. The molecule has 32 heavy (non-hydrogen) atoms. The number of rotatable bonds is 7. The molecule has 0 fully saturated rings. The number of sulfonamides is 1. The molecule has 3 aromatic rings. The average molecular weight is 483 g/mol. The molecule has 3 rings (SSSR count). The maximum absolute atomic E-state index is 12.7. The van der Waals surface area contributed by atoms with Gasteiger partial charge in [0.15, 0.2) is 11.2 Å². The maximum Gasteiger partial charge on any atom is 0.332 e. The van der Waals surface area contributed by atoms with Gasteiger partial charge in [0.2, 0.25) is 21.2 Å². The van der Waals surface area contributed by atoms with Crippen molar-refractivity contribution in [2.45, 2.75) is 25.3 Å². The van der Waals surface area contributed by atoms with Crippen LogP contribution in [-0.4, -0.2) is 50.4 Å². The normalized spacial score (nSPS) is 11.9. The van der Waals surface area contributed by atoms with Crippen LogP contribution in [0, 0.1) is 0 Å². The van der Waals surface area contributed by atoms with Gasteiger partial charge in [-0.15, -0.1) is 0 Å². The van der Waals surface area contributed by atoms with Crippen molar-refractivity contribution in [1.82, 2.24) is 23.0 Å². The highest BCUT2D eigenvalue weighted by Crippen LogP contribution is 2.20. The van der Waals surface area contributed by atoms with Crippen LogP contribution in [0.25, 0.3) is 11.2 Å². The number of benzene rings is 1. The summed E-state index contributed by atoms with van der Waals surface area (Å²) in [6.07, 6.45) is 0.